The second-order valence-corrected chi connectivity index (χ2v) is 7.21. The predicted octanol–water partition coefficient (Wildman–Crippen LogP) is 2.52. The Labute approximate surface area is 137 Å². The van der Waals surface area contributed by atoms with E-state index in [0.717, 1.165) is 38.2 Å². The van der Waals surface area contributed by atoms with Gasteiger partial charge in [0, 0.05) is 42.8 Å². The van der Waals surface area contributed by atoms with Gasteiger partial charge < -0.3 is 14.4 Å². The lowest BCUT2D eigenvalue weighted by Crippen LogP contribution is -2.40. The van der Waals surface area contributed by atoms with Crippen LogP contribution in [0, 0.1) is 5.92 Å². The molecule has 1 fully saturated rings. The van der Waals surface area contributed by atoms with Crippen LogP contribution in [0.1, 0.15) is 28.8 Å². The number of amides is 1. The molecule has 0 unspecified atom stereocenters. The van der Waals surface area contributed by atoms with Crippen molar-refractivity contribution in [3.05, 3.63) is 35.5 Å². The fraction of sp³-hybridized carbons (Fsp3) is 0.526. The first-order chi connectivity index (χ1) is 11.1. The predicted molar refractivity (Wildman–Crippen MR) is 92.7 cm³/mol. The van der Waals surface area contributed by atoms with Crippen molar-refractivity contribution < 1.29 is 4.79 Å². The molecule has 1 aromatic heterocycles. The number of piperidine rings is 1. The van der Waals surface area contributed by atoms with E-state index >= 15 is 0 Å². The number of likely N-dealkylation sites (tertiary alicyclic amines) is 1. The number of aryl methyl sites for hydroxylation is 1. The van der Waals surface area contributed by atoms with Crippen molar-refractivity contribution in [2.24, 2.45) is 13.0 Å². The fourth-order valence-corrected chi connectivity index (χ4v) is 4.16. The van der Waals surface area contributed by atoms with Crippen LogP contribution < -0.4 is 0 Å². The maximum absolute atomic E-state index is 13.1. The molecule has 0 atom stereocenters. The van der Waals surface area contributed by atoms with Crippen molar-refractivity contribution in [1.29, 1.82) is 0 Å². The van der Waals surface area contributed by atoms with Crippen LogP contribution in [0.5, 0.6) is 0 Å². The van der Waals surface area contributed by atoms with E-state index in [2.05, 4.69) is 40.7 Å². The summed E-state index contributed by atoms with van der Waals surface area (Å²) in [5.41, 5.74) is 3.38. The van der Waals surface area contributed by atoms with Crippen LogP contribution in [-0.2, 0) is 13.5 Å². The van der Waals surface area contributed by atoms with E-state index in [-0.39, 0.29) is 5.91 Å². The third kappa shape index (κ3) is 2.55. The minimum atomic E-state index is 0.222. The first-order valence-electron chi connectivity index (χ1n) is 8.68. The van der Waals surface area contributed by atoms with Crippen molar-refractivity contribution in [1.82, 2.24) is 14.4 Å². The molecule has 0 radical (unpaired) electrons. The topological polar surface area (TPSA) is 28.5 Å². The lowest BCUT2D eigenvalue weighted by atomic mass is 9.96. The quantitative estimate of drug-likeness (QED) is 0.852. The smallest absolute Gasteiger partial charge is 0.254 e. The lowest BCUT2D eigenvalue weighted by Gasteiger charge is -2.33. The molecule has 2 aliphatic heterocycles. The number of hydrogen-bond donors (Lipinski definition) is 0. The average molecular weight is 311 g/mol. The molecule has 0 N–H and O–H groups in total. The highest BCUT2D eigenvalue weighted by Gasteiger charge is 2.27. The van der Waals surface area contributed by atoms with E-state index in [0.29, 0.717) is 5.92 Å². The zero-order valence-electron chi connectivity index (χ0n) is 14.1. The van der Waals surface area contributed by atoms with Crippen LogP contribution in [0.2, 0.25) is 0 Å². The summed E-state index contributed by atoms with van der Waals surface area (Å²) in [7, 11) is 4.25. The molecule has 4 nitrogen and oxygen atoms in total. The molecular weight excluding hydrogens is 286 g/mol. The zero-order chi connectivity index (χ0) is 16.0. The summed E-state index contributed by atoms with van der Waals surface area (Å²) in [5, 5.41) is 1.17. The summed E-state index contributed by atoms with van der Waals surface area (Å²) in [6.07, 6.45) is 5.57. The summed E-state index contributed by atoms with van der Waals surface area (Å²) < 4.78 is 2.15. The number of carbonyl (C=O) groups excluding carboxylic acids is 1. The molecule has 2 aliphatic rings. The number of rotatable bonds is 2. The van der Waals surface area contributed by atoms with Crippen molar-refractivity contribution in [3.63, 3.8) is 0 Å². The van der Waals surface area contributed by atoms with E-state index < -0.39 is 0 Å². The van der Waals surface area contributed by atoms with E-state index in [4.69, 9.17) is 0 Å². The van der Waals surface area contributed by atoms with Crippen molar-refractivity contribution >= 4 is 16.8 Å². The first-order valence-corrected chi connectivity index (χ1v) is 8.68. The van der Waals surface area contributed by atoms with Crippen molar-refractivity contribution in [2.75, 3.05) is 33.2 Å². The van der Waals surface area contributed by atoms with Gasteiger partial charge in [-0.15, -0.1) is 0 Å². The van der Waals surface area contributed by atoms with Crippen LogP contribution >= 0.6 is 0 Å². The van der Waals surface area contributed by atoms with E-state index in [1.54, 1.807) is 0 Å². The molecule has 0 saturated carbocycles. The molecule has 4 heteroatoms. The van der Waals surface area contributed by atoms with Gasteiger partial charge in [0.2, 0.25) is 0 Å². The summed E-state index contributed by atoms with van der Waals surface area (Å²) in [4.78, 5) is 17.6. The first kappa shape index (κ1) is 14.8. The molecular formula is C19H25N3O. The molecule has 122 valence electrons. The largest absolute Gasteiger partial charge is 0.350 e. The number of nitrogens with zero attached hydrogens (tertiary/aromatic N) is 3. The number of carbonyl (C=O) groups is 1. The Hall–Kier alpha value is -1.81. The number of hydrogen-bond acceptors (Lipinski definition) is 2. The highest BCUT2D eigenvalue weighted by molar-refractivity contribution is 6.08. The Bertz CT molecular complexity index is 740. The van der Waals surface area contributed by atoms with Crippen LogP contribution in [0.25, 0.3) is 10.9 Å². The molecule has 4 rings (SSSR count). The second-order valence-electron chi connectivity index (χ2n) is 7.21. The number of benzene rings is 1. The summed E-state index contributed by atoms with van der Waals surface area (Å²) in [5.74, 6) is 0.873. The van der Waals surface area contributed by atoms with Gasteiger partial charge in [0.05, 0.1) is 0 Å². The maximum atomic E-state index is 13.1. The standard InChI is InChI=1S/C19H25N3O/c1-20-9-6-14(7-10-20)12-22-11-8-15-13-21(2)17-5-3-4-16(18(15)17)19(22)23/h3-5,13-14H,6-12H2,1-2H3. The third-order valence-electron chi connectivity index (χ3n) is 5.58. The maximum Gasteiger partial charge on any atom is 0.254 e. The van der Waals surface area contributed by atoms with E-state index in [9.17, 15) is 4.79 Å². The van der Waals surface area contributed by atoms with Crippen LogP contribution in [0.15, 0.2) is 24.4 Å². The summed E-state index contributed by atoms with van der Waals surface area (Å²) in [6, 6.07) is 6.13. The van der Waals surface area contributed by atoms with Crippen molar-refractivity contribution in [3.8, 4) is 0 Å². The third-order valence-corrected chi connectivity index (χ3v) is 5.58. The molecule has 1 amide bonds. The van der Waals surface area contributed by atoms with Gasteiger partial charge in [-0.25, -0.2) is 0 Å². The minimum absolute atomic E-state index is 0.222. The zero-order valence-corrected chi connectivity index (χ0v) is 14.1. The van der Waals surface area contributed by atoms with Crippen LogP contribution in [0.3, 0.4) is 0 Å². The van der Waals surface area contributed by atoms with Gasteiger partial charge >= 0.3 is 0 Å². The second kappa shape index (κ2) is 5.68. The Balaban J connectivity index is 1.61. The molecule has 0 spiro atoms. The minimum Gasteiger partial charge on any atom is -0.350 e. The molecule has 3 heterocycles. The van der Waals surface area contributed by atoms with Gasteiger partial charge in [-0.1, -0.05) is 6.07 Å². The Morgan fingerprint density at radius 2 is 1.91 bits per heavy atom. The van der Waals surface area contributed by atoms with E-state index in [1.807, 2.05) is 12.1 Å². The monoisotopic (exact) mass is 311 g/mol. The molecule has 1 saturated heterocycles. The van der Waals surface area contributed by atoms with Gasteiger partial charge in [0.25, 0.3) is 5.91 Å². The summed E-state index contributed by atoms with van der Waals surface area (Å²) in [6.45, 7) is 4.07. The molecule has 0 bridgehead atoms. The molecule has 0 aliphatic carbocycles. The average Bonchev–Trinajstić information content (AvgIpc) is 2.82. The highest BCUT2D eigenvalue weighted by Crippen LogP contribution is 2.29. The van der Waals surface area contributed by atoms with Gasteiger partial charge in [-0.3, -0.25) is 4.79 Å². The van der Waals surface area contributed by atoms with Crippen LogP contribution in [-0.4, -0.2) is 53.5 Å². The van der Waals surface area contributed by atoms with Crippen molar-refractivity contribution in [2.45, 2.75) is 19.3 Å². The fourth-order valence-electron chi connectivity index (χ4n) is 4.16. The lowest BCUT2D eigenvalue weighted by molar-refractivity contribution is 0.0706. The van der Waals surface area contributed by atoms with Gasteiger partial charge in [0.15, 0.2) is 0 Å². The molecule has 2 aromatic rings. The normalized spacial score (nSPS) is 20.3. The van der Waals surface area contributed by atoms with E-state index in [1.165, 1.54) is 29.3 Å². The summed E-state index contributed by atoms with van der Waals surface area (Å²) >= 11 is 0. The highest BCUT2D eigenvalue weighted by atomic mass is 16.2. The van der Waals surface area contributed by atoms with Gasteiger partial charge in [-0.05, 0) is 63.0 Å². The van der Waals surface area contributed by atoms with Gasteiger partial charge in [0.1, 0.15) is 0 Å². The molecule has 23 heavy (non-hydrogen) atoms. The van der Waals surface area contributed by atoms with Crippen LogP contribution in [0.4, 0.5) is 0 Å². The number of aromatic nitrogens is 1. The van der Waals surface area contributed by atoms with Gasteiger partial charge in [-0.2, -0.15) is 0 Å². The Morgan fingerprint density at radius 3 is 2.70 bits per heavy atom. The molecule has 1 aromatic carbocycles. The Morgan fingerprint density at radius 1 is 1.13 bits per heavy atom. The SMILES string of the molecule is CN1CCC(CN2CCc3cn(C)c4cccc(c34)C2=O)CC1. The Kier molecular flexibility index (Phi) is 3.64.